The Kier molecular flexibility index (Phi) is 2.79. The molecule has 0 radical (unpaired) electrons. The smallest absolute Gasteiger partial charge is 0.231 e. The topological polar surface area (TPSA) is 63.4 Å². The summed E-state index contributed by atoms with van der Waals surface area (Å²) in [7, 11) is 1.74. The maximum atomic E-state index is 12.5. The Bertz CT molecular complexity index is 722. The number of anilines is 2. The van der Waals surface area contributed by atoms with E-state index in [-0.39, 0.29) is 11.7 Å². The van der Waals surface area contributed by atoms with Crippen molar-refractivity contribution in [3.05, 3.63) is 59.2 Å². The molecule has 1 aliphatic heterocycles. The number of carbonyl (C=O) groups excluding carboxylic acids is 2. The van der Waals surface area contributed by atoms with Gasteiger partial charge in [-0.05, 0) is 35.9 Å². The molecule has 1 aliphatic rings. The number of para-hydroxylation sites is 1. The van der Waals surface area contributed by atoms with Crippen molar-refractivity contribution in [1.82, 2.24) is 0 Å². The van der Waals surface area contributed by atoms with Crippen LogP contribution in [0.4, 0.5) is 11.4 Å². The summed E-state index contributed by atoms with van der Waals surface area (Å²) in [6.07, 6.45) is 0.344. The summed E-state index contributed by atoms with van der Waals surface area (Å²) >= 11 is 0. The van der Waals surface area contributed by atoms with E-state index in [9.17, 15) is 9.59 Å². The number of benzene rings is 2. The second-order valence-electron chi connectivity index (χ2n) is 4.89. The molecule has 2 N–H and O–H groups in total. The quantitative estimate of drug-likeness (QED) is 0.668. The van der Waals surface area contributed by atoms with Crippen molar-refractivity contribution < 1.29 is 9.59 Å². The summed E-state index contributed by atoms with van der Waals surface area (Å²) < 4.78 is 0. The highest BCUT2D eigenvalue weighted by Crippen LogP contribution is 2.29. The molecule has 20 heavy (non-hydrogen) atoms. The summed E-state index contributed by atoms with van der Waals surface area (Å²) in [5, 5.41) is 0. The Labute approximate surface area is 116 Å². The molecule has 100 valence electrons. The molecule has 0 atom stereocenters. The molecule has 1 heterocycles. The molecule has 0 bridgehead atoms. The first-order valence-electron chi connectivity index (χ1n) is 6.36. The number of ketones is 1. The van der Waals surface area contributed by atoms with E-state index in [0.717, 1.165) is 11.3 Å². The van der Waals surface area contributed by atoms with Crippen LogP contribution < -0.4 is 10.6 Å². The van der Waals surface area contributed by atoms with Gasteiger partial charge in [-0.2, -0.15) is 0 Å². The third-order valence-electron chi connectivity index (χ3n) is 3.62. The van der Waals surface area contributed by atoms with E-state index in [4.69, 9.17) is 5.73 Å². The van der Waals surface area contributed by atoms with E-state index < -0.39 is 0 Å². The molecule has 2 aromatic rings. The fourth-order valence-corrected chi connectivity index (χ4v) is 2.47. The van der Waals surface area contributed by atoms with Crippen molar-refractivity contribution in [2.45, 2.75) is 6.42 Å². The second-order valence-corrected chi connectivity index (χ2v) is 4.89. The van der Waals surface area contributed by atoms with Crippen molar-refractivity contribution in [3.8, 4) is 0 Å². The maximum absolute atomic E-state index is 12.5. The molecular formula is C16H14N2O2. The van der Waals surface area contributed by atoms with Crippen LogP contribution in [0.5, 0.6) is 0 Å². The third-order valence-corrected chi connectivity index (χ3v) is 3.62. The van der Waals surface area contributed by atoms with Crippen LogP contribution in [0, 0.1) is 0 Å². The fourth-order valence-electron chi connectivity index (χ4n) is 2.47. The average molecular weight is 266 g/mol. The SMILES string of the molecule is CN1C(=O)Cc2cc(C(=O)c3ccccc3N)ccc21. The largest absolute Gasteiger partial charge is 0.398 e. The van der Waals surface area contributed by atoms with Gasteiger partial charge in [-0.25, -0.2) is 0 Å². The normalized spacial score (nSPS) is 13.4. The molecule has 0 spiro atoms. The zero-order chi connectivity index (χ0) is 14.3. The number of fused-ring (bicyclic) bond motifs is 1. The van der Waals surface area contributed by atoms with Gasteiger partial charge in [-0.15, -0.1) is 0 Å². The van der Waals surface area contributed by atoms with Gasteiger partial charge in [0.2, 0.25) is 5.91 Å². The number of nitrogens with two attached hydrogens (primary N) is 1. The van der Waals surface area contributed by atoms with E-state index in [0.29, 0.717) is 23.2 Å². The number of hydrogen-bond acceptors (Lipinski definition) is 3. The Hall–Kier alpha value is -2.62. The van der Waals surface area contributed by atoms with Crippen LogP contribution in [0.1, 0.15) is 21.5 Å². The van der Waals surface area contributed by atoms with Gasteiger partial charge in [0.25, 0.3) is 0 Å². The van der Waals surface area contributed by atoms with E-state index in [2.05, 4.69) is 0 Å². The van der Waals surface area contributed by atoms with Crippen LogP contribution in [0.3, 0.4) is 0 Å². The van der Waals surface area contributed by atoms with Crippen LogP contribution in [0.25, 0.3) is 0 Å². The molecule has 4 nitrogen and oxygen atoms in total. The summed E-state index contributed by atoms with van der Waals surface area (Å²) in [6.45, 7) is 0. The lowest BCUT2D eigenvalue weighted by Gasteiger charge is -2.10. The highest BCUT2D eigenvalue weighted by molar-refractivity contribution is 6.13. The van der Waals surface area contributed by atoms with Gasteiger partial charge in [0, 0.05) is 29.5 Å². The molecule has 0 fully saturated rings. The lowest BCUT2D eigenvalue weighted by atomic mass is 9.99. The molecule has 0 unspecified atom stereocenters. The Morgan fingerprint density at radius 1 is 1.20 bits per heavy atom. The third kappa shape index (κ3) is 1.86. The van der Waals surface area contributed by atoms with Crippen LogP contribution in [0.15, 0.2) is 42.5 Å². The van der Waals surface area contributed by atoms with Gasteiger partial charge < -0.3 is 10.6 Å². The van der Waals surface area contributed by atoms with E-state index in [1.165, 1.54) is 0 Å². The van der Waals surface area contributed by atoms with Gasteiger partial charge in [0.15, 0.2) is 5.78 Å². The van der Waals surface area contributed by atoms with Gasteiger partial charge in [0.1, 0.15) is 0 Å². The summed E-state index contributed by atoms with van der Waals surface area (Å²) in [6, 6.07) is 12.3. The minimum Gasteiger partial charge on any atom is -0.398 e. The van der Waals surface area contributed by atoms with Crippen molar-refractivity contribution in [2.24, 2.45) is 0 Å². The number of likely N-dealkylation sites (N-methyl/N-ethyl adjacent to an activating group) is 1. The first-order chi connectivity index (χ1) is 9.58. The number of rotatable bonds is 2. The van der Waals surface area contributed by atoms with Gasteiger partial charge in [-0.3, -0.25) is 9.59 Å². The summed E-state index contributed by atoms with van der Waals surface area (Å²) in [4.78, 5) is 25.7. The zero-order valence-corrected chi connectivity index (χ0v) is 11.1. The minimum atomic E-state index is -0.118. The molecule has 4 heteroatoms. The molecule has 0 aliphatic carbocycles. The van der Waals surface area contributed by atoms with Gasteiger partial charge >= 0.3 is 0 Å². The van der Waals surface area contributed by atoms with Crippen molar-refractivity contribution in [3.63, 3.8) is 0 Å². The monoisotopic (exact) mass is 266 g/mol. The zero-order valence-electron chi connectivity index (χ0n) is 11.1. The predicted octanol–water partition coefficient (Wildman–Crippen LogP) is 2.02. The molecule has 3 rings (SSSR count). The fraction of sp³-hybridized carbons (Fsp3) is 0.125. The first-order valence-corrected chi connectivity index (χ1v) is 6.36. The number of hydrogen-bond donors (Lipinski definition) is 1. The Morgan fingerprint density at radius 2 is 1.95 bits per heavy atom. The van der Waals surface area contributed by atoms with Crippen LogP contribution in [-0.2, 0) is 11.2 Å². The standard InChI is InChI=1S/C16H14N2O2/c1-18-14-7-6-10(8-11(14)9-15(18)19)16(20)12-4-2-3-5-13(12)17/h2-8H,9,17H2,1H3. The predicted molar refractivity (Wildman–Crippen MR) is 77.8 cm³/mol. The van der Waals surface area contributed by atoms with E-state index in [1.807, 2.05) is 6.07 Å². The summed E-state index contributed by atoms with van der Waals surface area (Å²) in [5.74, 6) is -0.0725. The summed E-state index contributed by atoms with van der Waals surface area (Å²) in [5.41, 5.74) is 9.10. The maximum Gasteiger partial charge on any atom is 0.231 e. The van der Waals surface area contributed by atoms with E-state index in [1.54, 1.807) is 48.3 Å². The number of nitrogen functional groups attached to an aromatic ring is 1. The molecule has 0 saturated heterocycles. The Morgan fingerprint density at radius 3 is 2.70 bits per heavy atom. The first kappa shape index (κ1) is 12.4. The van der Waals surface area contributed by atoms with Crippen LogP contribution >= 0.6 is 0 Å². The Balaban J connectivity index is 2.01. The molecule has 1 amide bonds. The number of nitrogens with zero attached hydrogens (tertiary/aromatic N) is 1. The lowest BCUT2D eigenvalue weighted by molar-refractivity contribution is -0.117. The van der Waals surface area contributed by atoms with Crippen LogP contribution in [-0.4, -0.2) is 18.7 Å². The molecule has 2 aromatic carbocycles. The minimum absolute atomic E-state index is 0.0452. The highest BCUT2D eigenvalue weighted by atomic mass is 16.2. The van der Waals surface area contributed by atoms with Crippen LogP contribution in [0.2, 0.25) is 0 Å². The molecule has 0 aromatic heterocycles. The van der Waals surface area contributed by atoms with Gasteiger partial charge in [0.05, 0.1) is 6.42 Å². The average Bonchev–Trinajstić information content (AvgIpc) is 2.73. The second kappa shape index (κ2) is 4.49. The number of amides is 1. The van der Waals surface area contributed by atoms with Crippen molar-refractivity contribution in [2.75, 3.05) is 17.7 Å². The number of carbonyl (C=O) groups is 2. The highest BCUT2D eigenvalue weighted by Gasteiger charge is 2.25. The van der Waals surface area contributed by atoms with Gasteiger partial charge in [-0.1, -0.05) is 12.1 Å². The van der Waals surface area contributed by atoms with Crippen molar-refractivity contribution >= 4 is 23.1 Å². The molecular weight excluding hydrogens is 252 g/mol. The van der Waals surface area contributed by atoms with Crippen molar-refractivity contribution in [1.29, 1.82) is 0 Å². The molecule has 0 saturated carbocycles. The lowest BCUT2D eigenvalue weighted by Crippen LogP contribution is -2.20. The van der Waals surface area contributed by atoms with E-state index >= 15 is 0 Å².